The van der Waals surface area contributed by atoms with Crippen LogP contribution in [0.15, 0.2) is 36.9 Å². The molecule has 0 aliphatic heterocycles. The topological polar surface area (TPSA) is 42.7 Å². The molecule has 4 heteroatoms. The monoisotopic (exact) mass is 242 g/mol. The van der Waals surface area contributed by atoms with Crippen molar-refractivity contribution < 1.29 is 0 Å². The van der Waals surface area contributed by atoms with Crippen molar-refractivity contribution in [3.63, 3.8) is 0 Å². The van der Waals surface area contributed by atoms with E-state index in [2.05, 4.69) is 32.8 Å². The van der Waals surface area contributed by atoms with Gasteiger partial charge in [0.05, 0.1) is 17.7 Å². The molecular weight excluding hydrogens is 224 g/mol. The number of nitrogens with zero attached hydrogens (tertiary/aromatic N) is 3. The molecule has 0 saturated heterocycles. The molecule has 1 saturated carbocycles. The summed E-state index contributed by atoms with van der Waals surface area (Å²) in [5.41, 5.74) is 2.34. The second-order valence-electron chi connectivity index (χ2n) is 4.88. The Balaban J connectivity index is 1.62. The molecule has 2 aromatic heterocycles. The normalized spacial score (nSPS) is 16.7. The molecule has 1 N–H and O–H groups in total. The first kappa shape index (κ1) is 11.4. The van der Waals surface area contributed by atoms with Gasteiger partial charge in [-0.1, -0.05) is 6.07 Å². The van der Waals surface area contributed by atoms with E-state index in [4.69, 9.17) is 0 Å². The van der Waals surface area contributed by atoms with E-state index in [1.165, 1.54) is 18.5 Å². The van der Waals surface area contributed by atoms with Gasteiger partial charge in [-0.3, -0.25) is 4.98 Å². The third-order valence-corrected chi connectivity index (χ3v) is 3.41. The Morgan fingerprint density at radius 2 is 2.33 bits per heavy atom. The van der Waals surface area contributed by atoms with Crippen molar-refractivity contribution in [3.8, 4) is 0 Å². The molecule has 0 bridgehead atoms. The van der Waals surface area contributed by atoms with Gasteiger partial charge in [-0.05, 0) is 31.9 Å². The lowest BCUT2D eigenvalue weighted by Crippen LogP contribution is -2.20. The summed E-state index contributed by atoms with van der Waals surface area (Å²) >= 11 is 0. The van der Waals surface area contributed by atoms with Crippen LogP contribution in [0.2, 0.25) is 0 Å². The molecule has 1 atom stereocenters. The molecule has 18 heavy (non-hydrogen) atoms. The highest BCUT2D eigenvalue weighted by atomic mass is 15.1. The third-order valence-electron chi connectivity index (χ3n) is 3.41. The van der Waals surface area contributed by atoms with E-state index in [1.54, 1.807) is 0 Å². The molecule has 3 rings (SSSR count). The Morgan fingerprint density at radius 3 is 3.06 bits per heavy atom. The molecule has 0 unspecified atom stereocenters. The summed E-state index contributed by atoms with van der Waals surface area (Å²) in [7, 11) is 0. The molecule has 1 fully saturated rings. The molecule has 0 spiro atoms. The molecule has 0 amide bonds. The van der Waals surface area contributed by atoms with Crippen LogP contribution in [0, 0.1) is 0 Å². The Labute approximate surface area is 107 Å². The highest BCUT2D eigenvalue weighted by Gasteiger charge is 2.25. The fourth-order valence-electron chi connectivity index (χ4n) is 2.14. The van der Waals surface area contributed by atoms with Gasteiger partial charge in [-0.15, -0.1) is 0 Å². The van der Waals surface area contributed by atoms with Crippen molar-refractivity contribution in [1.29, 1.82) is 0 Å². The Bertz CT molecular complexity index is 502. The van der Waals surface area contributed by atoms with Crippen LogP contribution in [0.1, 0.15) is 43.2 Å². The standard InChI is InChI=1S/C14H18N4/c1-11(14-4-2-3-7-16-14)17-9-13-8-15-10-18(13)12-5-6-12/h2-4,7-8,10-12,17H,5-6,9H2,1H3/t11-/m1/s1. The van der Waals surface area contributed by atoms with E-state index in [0.29, 0.717) is 6.04 Å². The summed E-state index contributed by atoms with van der Waals surface area (Å²) in [6.45, 7) is 2.98. The van der Waals surface area contributed by atoms with Gasteiger partial charge in [0.15, 0.2) is 0 Å². The Morgan fingerprint density at radius 1 is 1.44 bits per heavy atom. The lowest BCUT2D eigenvalue weighted by molar-refractivity contribution is 0.537. The van der Waals surface area contributed by atoms with Gasteiger partial charge >= 0.3 is 0 Å². The summed E-state index contributed by atoms with van der Waals surface area (Å²) in [6, 6.07) is 6.96. The van der Waals surface area contributed by atoms with Gasteiger partial charge in [0.25, 0.3) is 0 Å². The van der Waals surface area contributed by atoms with Gasteiger partial charge in [-0.2, -0.15) is 0 Å². The quantitative estimate of drug-likeness (QED) is 0.875. The molecule has 4 nitrogen and oxygen atoms in total. The summed E-state index contributed by atoms with van der Waals surface area (Å²) in [5, 5.41) is 3.50. The van der Waals surface area contributed by atoms with Crippen LogP contribution in [-0.4, -0.2) is 14.5 Å². The van der Waals surface area contributed by atoms with Crippen molar-refractivity contribution in [3.05, 3.63) is 48.3 Å². The van der Waals surface area contributed by atoms with Crippen LogP contribution >= 0.6 is 0 Å². The maximum absolute atomic E-state index is 4.36. The second-order valence-corrected chi connectivity index (χ2v) is 4.88. The van der Waals surface area contributed by atoms with Crippen molar-refractivity contribution in [1.82, 2.24) is 19.9 Å². The smallest absolute Gasteiger partial charge is 0.0951 e. The number of nitrogens with one attached hydrogen (secondary N) is 1. The van der Waals surface area contributed by atoms with Crippen LogP contribution < -0.4 is 5.32 Å². The Kier molecular flexibility index (Phi) is 3.11. The molecular formula is C14H18N4. The van der Waals surface area contributed by atoms with Gasteiger partial charge in [-0.25, -0.2) is 4.98 Å². The molecule has 0 radical (unpaired) electrons. The number of aromatic nitrogens is 3. The van der Waals surface area contributed by atoms with Gasteiger partial charge in [0.1, 0.15) is 0 Å². The molecule has 0 aromatic carbocycles. The first-order valence-electron chi connectivity index (χ1n) is 6.49. The van der Waals surface area contributed by atoms with Crippen LogP contribution in [-0.2, 0) is 6.54 Å². The average molecular weight is 242 g/mol. The number of pyridine rings is 1. The van der Waals surface area contributed by atoms with E-state index >= 15 is 0 Å². The van der Waals surface area contributed by atoms with E-state index in [-0.39, 0.29) is 6.04 Å². The average Bonchev–Trinajstić information content (AvgIpc) is 3.16. The largest absolute Gasteiger partial charge is 0.330 e. The van der Waals surface area contributed by atoms with Gasteiger partial charge in [0.2, 0.25) is 0 Å². The van der Waals surface area contributed by atoms with Crippen molar-refractivity contribution >= 4 is 0 Å². The molecule has 2 aromatic rings. The van der Waals surface area contributed by atoms with E-state index in [1.807, 2.05) is 30.9 Å². The minimum Gasteiger partial charge on any atom is -0.330 e. The van der Waals surface area contributed by atoms with Gasteiger partial charge in [0, 0.05) is 31.0 Å². The SMILES string of the molecule is C[C@@H](NCc1cncn1C1CC1)c1ccccn1. The second kappa shape index (κ2) is 4.90. The van der Waals surface area contributed by atoms with Crippen LogP contribution in [0.3, 0.4) is 0 Å². The van der Waals surface area contributed by atoms with Crippen molar-refractivity contribution in [2.75, 3.05) is 0 Å². The summed E-state index contributed by atoms with van der Waals surface area (Å²) in [6.07, 6.45) is 8.32. The Hall–Kier alpha value is -1.68. The fourth-order valence-corrected chi connectivity index (χ4v) is 2.14. The first-order valence-corrected chi connectivity index (χ1v) is 6.49. The molecule has 1 aliphatic carbocycles. The van der Waals surface area contributed by atoms with Crippen molar-refractivity contribution in [2.45, 2.75) is 38.4 Å². The zero-order valence-electron chi connectivity index (χ0n) is 10.6. The third kappa shape index (κ3) is 2.43. The van der Waals surface area contributed by atoms with E-state index in [9.17, 15) is 0 Å². The highest BCUT2D eigenvalue weighted by molar-refractivity contribution is 5.09. The van der Waals surface area contributed by atoms with Crippen LogP contribution in [0.4, 0.5) is 0 Å². The van der Waals surface area contributed by atoms with Crippen molar-refractivity contribution in [2.24, 2.45) is 0 Å². The maximum Gasteiger partial charge on any atom is 0.0951 e. The van der Waals surface area contributed by atoms with Gasteiger partial charge < -0.3 is 9.88 Å². The lowest BCUT2D eigenvalue weighted by atomic mass is 10.2. The zero-order valence-corrected chi connectivity index (χ0v) is 10.6. The fraction of sp³-hybridized carbons (Fsp3) is 0.429. The summed E-state index contributed by atoms with van der Waals surface area (Å²) in [4.78, 5) is 8.60. The van der Waals surface area contributed by atoms with Crippen LogP contribution in [0.5, 0.6) is 0 Å². The molecule has 1 aliphatic rings. The van der Waals surface area contributed by atoms with E-state index in [0.717, 1.165) is 12.2 Å². The predicted molar refractivity (Wildman–Crippen MR) is 70.0 cm³/mol. The number of imidazole rings is 1. The lowest BCUT2D eigenvalue weighted by Gasteiger charge is -2.14. The molecule has 2 heterocycles. The predicted octanol–water partition coefficient (Wildman–Crippen LogP) is 2.46. The summed E-state index contributed by atoms with van der Waals surface area (Å²) in [5.74, 6) is 0. The minimum absolute atomic E-state index is 0.258. The molecule has 94 valence electrons. The first-order chi connectivity index (χ1) is 8.84. The maximum atomic E-state index is 4.36. The zero-order chi connectivity index (χ0) is 12.4. The number of hydrogen-bond acceptors (Lipinski definition) is 3. The number of rotatable bonds is 5. The van der Waals surface area contributed by atoms with Crippen LogP contribution in [0.25, 0.3) is 0 Å². The minimum atomic E-state index is 0.258. The highest BCUT2D eigenvalue weighted by Crippen LogP contribution is 2.35. The summed E-state index contributed by atoms with van der Waals surface area (Å²) < 4.78 is 2.29. The van der Waals surface area contributed by atoms with E-state index < -0.39 is 0 Å². The number of hydrogen-bond donors (Lipinski definition) is 1.